The van der Waals surface area contributed by atoms with Gasteiger partial charge in [0.25, 0.3) is 5.91 Å². The molecule has 2 fully saturated rings. The summed E-state index contributed by atoms with van der Waals surface area (Å²) >= 11 is 0. The highest BCUT2D eigenvalue weighted by atomic mass is 16.5. The number of fused-ring (bicyclic) bond motifs is 1. The highest BCUT2D eigenvalue weighted by molar-refractivity contribution is 5.81. The Kier molecular flexibility index (Phi) is 5.21. The molecule has 142 valence electrons. The Morgan fingerprint density at radius 2 is 2.04 bits per heavy atom. The van der Waals surface area contributed by atoms with Crippen molar-refractivity contribution < 1.29 is 14.3 Å². The van der Waals surface area contributed by atoms with Crippen molar-refractivity contribution >= 4 is 11.8 Å². The van der Waals surface area contributed by atoms with E-state index in [2.05, 4.69) is 10.4 Å². The van der Waals surface area contributed by atoms with Gasteiger partial charge in [-0.1, -0.05) is 0 Å². The van der Waals surface area contributed by atoms with E-state index < -0.39 is 0 Å². The first-order valence-corrected chi connectivity index (χ1v) is 9.65. The van der Waals surface area contributed by atoms with Crippen LogP contribution >= 0.6 is 0 Å². The van der Waals surface area contributed by atoms with Crippen LogP contribution < -0.4 is 5.32 Å². The van der Waals surface area contributed by atoms with E-state index >= 15 is 0 Å². The first-order valence-electron chi connectivity index (χ1n) is 9.65. The molecule has 8 heteroatoms. The van der Waals surface area contributed by atoms with Gasteiger partial charge in [0.2, 0.25) is 5.91 Å². The van der Waals surface area contributed by atoms with Gasteiger partial charge in [-0.3, -0.25) is 14.3 Å². The van der Waals surface area contributed by atoms with Crippen molar-refractivity contribution in [1.82, 2.24) is 24.9 Å². The molecule has 1 atom stereocenters. The van der Waals surface area contributed by atoms with Gasteiger partial charge in [0.15, 0.2) is 0 Å². The second-order valence-corrected chi connectivity index (χ2v) is 7.26. The van der Waals surface area contributed by atoms with Crippen molar-refractivity contribution in [2.45, 2.75) is 44.9 Å². The molecular weight excluding hydrogens is 334 g/mol. The van der Waals surface area contributed by atoms with E-state index in [-0.39, 0.29) is 17.9 Å². The Balaban J connectivity index is 1.33. The van der Waals surface area contributed by atoms with Crippen molar-refractivity contribution in [3.8, 4) is 0 Å². The number of hydrogen-bond acceptors (Lipinski definition) is 5. The minimum absolute atomic E-state index is 0.0513. The maximum atomic E-state index is 12.6. The van der Waals surface area contributed by atoms with Crippen LogP contribution in [0.15, 0.2) is 6.07 Å². The quantitative estimate of drug-likeness (QED) is 0.801. The molecule has 0 bridgehead atoms. The number of hydrogen-bond donors (Lipinski definition) is 1. The summed E-state index contributed by atoms with van der Waals surface area (Å²) in [5, 5.41) is 7.82. The molecule has 26 heavy (non-hydrogen) atoms. The SMILES string of the molecule is O=C(CCc1cc2n(n1)CCN(C(=O)C1CNCCO1)C2)N1CCCC1. The summed E-state index contributed by atoms with van der Waals surface area (Å²) < 4.78 is 7.55. The zero-order valence-corrected chi connectivity index (χ0v) is 15.2. The van der Waals surface area contributed by atoms with Crippen LogP contribution in [0.5, 0.6) is 0 Å². The molecule has 1 aromatic rings. The van der Waals surface area contributed by atoms with Crippen LogP contribution in [0.2, 0.25) is 0 Å². The van der Waals surface area contributed by atoms with E-state index in [4.69, 9.17) is 4.74 Å². The predicted molar refractivity (Wildman–Crippen MR) is 94.4 cm³/mol. The van der Waals surface area contributed by atoms with Gasteiger partial charge >= 0.3 is 0 Å². The highest BCUT2D eigenvalue weighted by Gasteiger charge is 2.30. The molecule has 3 aliphatic rings. The molecular formula is C18H27N5O3. The maximum Gasteiger partial charge on any atom is 0.253 e. The lowest BCUT2D eigenvalue weighted by atomic mass is 10.2. The molecule has 1 aromatic heterocycles. The number of nitrogens with zero attached hydrogens (tertiary/aromatic N) is 4. The van der Waals surface area contributed by atoms with Gasteiger partial charge in [-0.2, -0.15) is 5.10 Å². The summed E-state index contributed by atoms with van der Waals surface area (Å²) in [4.78, 5) is 28.6. The Bertz CT molecular complexity index is 662. The first-order chi connectivity index (χ1) is 12.7. The van der Waals surface area contributed by atoms with Crippen molar-refractivity contribution in [3.05, 3.63) is 17.5 Å². The molecule has 4 rings (SSSR count). The fraction of sp³-hybridized carbons (Fsp3) is 0.722. The van der Waals surface area contributed by atoms with E-state index in [0.29, 0.717) is 45.6 Å². The number of carbonyl (C=O) groups excluding carboxylic acids is 2. The van der Waals surface area contributed by atoms with Gasteiger partial charge in [0.1, 0.15) is 6.10 Å². The predicted octanol–water partition coefficient (Wildman–Crippen LogP) is -0.231. The molecule has 0 saturated carbocycles. The topological polar surface area (TPSA) is 79.7 Å². The first kappa shape index (κ1) is 17.5. The van der Waals surface area contributed by atoms with Crippen LogP contribution in [0.4, 0.5) is 0 Å². The number of likely N-dealkylation sites (tertiary alicyclic amines) is 1. The molecule has 1 unspecified atom stereocenters. The summed E-state index contributed by atoms with van der Waals surface area (Å²) in [5.74, 6) is 0.280. The third kappa shape index (κ3) is 3.76. The van der Waals surface area contributed by atoms with Crippen LogP contribution in [-0.4, -0.2) is 76.8 Å². The fourth-order valence-electron chi connectivity index (χ4n) is 3.92. The molecule has 8 nitrogen and oxygen atoms in total. The minimum Gasteiger partial charge on any atom is -0.366 e. The standard InChI is InChI=1S/C18H27N5O3/c24-17(21-6-1-2-7-21)4-3-14-11-15-13-22(8-9-23(15)20-14)18(25)16-12-19-5-10-26-16/h11,16,19H,1-10,12-13H2. The van der Waals surface area contributed by atoms with Crippen molar-refractivity contribution in [2.24, 2.45) is 0 Å². The van der Waals surface area contributed by atoms with Gasteiger partial charge in [-0.25, -0.2) is 0 Å². The molecule has 0 radical (unpaired) electrons. The number of amides is 2. The molecule has 0 aromatic carbocycles. The Hall–Kier alpha value is -1.93. The Labute approximate surface area is 153 Å². The average Bonchev–Trinajstić information content (AvgIpc) is 3.35. The van der Waals surface area contributed by atoms with Gasteiger partial charge in [0.05, 0.1) is 31.1 Å². The summed E-state index contributed by atoms with van der Waals surface area (Å²) in [6, 6.07) is 2.04. The summed E-state index contributed by atoms with van der Waals surface area (Å²) in [7, 11) is 0. The van der Waals surface area contributed by atoms with Crippen LogP contribution in [0, 0.1) is 0 Å². The monoisotopic (exact) mass is 361 g/mol. The molecule has 2 amide bonds. The molecule has 1 N–H and O–H groups in total. The van der Waals surface area contributed by atoms with Crippen LogP contribution in [0.25, 0.3) is 0 Å². The highest BCUT2D eigenvalue weighted by Crippen LogP contribution is 2.17. The molecule has 3 aliphatic heterocycles. The van der Waals surface area contributed by atoms with Gasteiger partial charge in [-0.15, -0.1) is 0 Å². The minimum atomic E-state index is -0.379. The third-order valence-electron chi connectivity index (χ3n) is 5.42. The van der Waals surface area contributed by atoms with Gasteiger partial charge in [0, 0.05) is 45.6 Å². The largest absolute Gasteiger partial charge is 0.366 e. The molecule has 4 heterocycles. The van der Waals surface area contributed by atoms with Gasteiger partial charge in [-0.05, 0) is 18.9 Å². The van der Waals surface area contributed by atoms with E-state index in [1.807, 2.05) is 20.5 Å². The van der Waals surface area contributed by atoms with Crippen molar-refractivity contribution in [3.63, 3.8) is 0 Å². The van der Waals surface area contributed by atoms with Gasteiger partial charge < -0.3 is 19.9 Å². The smallest absolute Gasteiger partial charge is 0.253 e. The van der Waals surface area contributed by atoms with E-state index in [1.54, 1.807) is 0 Å². The summed E-state index contributed by atoms with van der Waals surface area (Å²) in [6.07, 6.45) is 3.04. The lowest BCUT2D eigenvalue weighted by Gasteiger charge is -2.32. The zero-order valence-electron chi connectivity index (χ0n) is 15.2. The van der Waals surface area contributed by atoms with E-state index in [0.717, 1.165) is 43.9 Å². The number of rotatable bonds is 4. The summed E-state index contributed by atoms with van der Waals surface area (Å²) in [6.45, 7) is 5.67. The zero-order chi connectivity index (χ0) is 17.9. The number of morpholine rings is 1. The normalized spacial score (nSPS) is 23.2. The van der Waals surface area contributed by atoms with Crippen LogP contribution in [0.1, 0.15) is 30.7 Å². The number of aromatic nitrogens is 2. The molecule has 2 saturated heterocycles. The van der Waals surface area contributed by atoms with Crippen LogP contribution in [0.3, 0.4) is 0 Å². The second-order valence-electron chi connectivity index (χ2n) is 7.26. The Morgan fingerprint density at radius 1 is 1.19 bits per heavy atom. The fourth-order valence-corrected chi connectivity index (χ4v) is 3.92. The lowest BCUT2D eigenvalue weighted by molar-refractivity contribution is -0.146. The van der Waals surface area contributed by atoms with E-state index in [1.165, 1.54) is 0 Å². The molecule has 0 spiro atoms. The number of aryl methyl sites for hydroxylation is 1. The number of nitrogens with one attached hydrogen (secondary N) is 1. The van der Waals surface area contributed by atoms with Crippen molar-refractivity contribution in [1.29, 1.82) is 0 Å². The van der Waals surface area contributed by atoms with E-state index in [9.17, 15) is 9.59 Å². The molecule has 0 aliphatic carbocycles. The Morgan fingerprint density at radius 3 is 2.81 bits per heavy atom. The maximum absolute atomic E-state index is 12.6. The average molecular weight is 361 g/mol. The second kappa shape index (κ2) is 7.75. The van der Waals surface area contributed by atoms with Crippen LogP contribution in [-0.2, 0) is 33.8 Å². The number of carbonyl (C=O) groups is 2. The van der Waals surface area contributed by atoms with Crippen molar-refractivity contribution in [2.75, 3.05) is 39.3 Å². The third-order valence-corrected chi connectivity index (χ3v) is 5.42. The summed E-state index contributed by atoms with van der Waals surface area (Å²) in [5.41, 5.74) is 1.98. The number of ether oxygens (including phenoxy) is 1. The lowest BCUT2D eigenvalue weighted by Crippen LogP contribution is -2.51.